The van der Waals surface area contributed by atoms with Crippen molar-refractivity contribution in [3.63, 3.8) is 0 Å². The molecular weight excluding hydrogens is 274 g/mol. The minimum Gasteiger partial charge on any atom is -0.489 e. The number of fused-ring (bicyclic) bond motifs is 1. The molecule has 0 saturated carbocycles. The first kappa shape index (κ1) is 13.0. The molecule has 0 saturated heterocycles. The molecule has 0 heterocycles. The van der Waals surface area contributed by atoms with Crippen LogP contribution in [0.4, 0.5) is 0 Å². The van der Waals surface area contributed by atoms with Gasteiger partial charge in [-0.2, -0.15) is 0 Å². The zero-order valence-corrected chi connectivity index (χ0v) is 11.6. The number of hydrogen-bond donors (Lipinski definition) is 1. The van der Waals surface area contributed by atoms with Crippen molar-refractivity contribution in [1.29, 1.82) is 0 Å². The molecule has 4 heteroatoms. The number of ether oxygens (including phenoxy) is 1. The zero-order valence-electron chi connectivity index (χ0n) is 10.8. The van der Waals surface area contributed by atoms with Gasteiger partial charge in [0.2, 0.25) is 0 Å². The van der Waals surface area contributed by atoms with E-state index in [-0.39, 0.29) is 0 Å². The number of nitrogens with zero attached hydrogens (tertiary/aromatic N) is 1. The Morgan fingerprint density at radius 1 is 1.10 bits per heavy atom. The highest BCUT2D eigenvalue weighted by molar-refractivity contribution is 6.30. The molecule has 0 aromatic heterocycles. The minimum absolute atomic E-state index is 0.511. The monoisotopic (exact) mass is 287 g/mol. The minimum atomic E-state index is 0.511. The van der Waals surface area contributed by atoms with E-state index in [1.807, 2.05) is 42.5 Å². The molecule has 0 spiro atoms. The summed E-state index contributed by atoms with van der Waals surface area (Å²) in [6, 6.07) is 13.5. The summed E-state index contributed by atoms with van der Waals surface area (Å²) in [4.78, 5) is 0. The number of hydrogen-bond acceptors (Lipinski definition) is 3. The highest BCUT2D eigenvalue weighted by Gasteiger charge is 2.18. The molecule has 20 heavy (non-hydrogen) atoms. The molecule has 3 rings (SSSR count). The Balaban J connectivity index is 1.71. The van der Waals surface area contributed by atoms with Crippen LogP contribution in [0.3, 0.4) is 0 Å². The highest BCUT2D eigenvalue weighted by Crippen LogP contribution is 2.27. The van der Waals surface area contributed by atoms with E-state index in [0.29, 0.717) is 6.61 Å². The summed E-state index contributed by atoms with van der Waals surface area (Å²) in [5.74, 6) is 0.831. The van der Waals surface area contributed by atoms with Crippen molar-refractivity contribution in [1.82, 2.24) is 0 Å². The van der Waals surface area contributed by atoms with E-state index in [1.54, 1.807) is 0 Å². The van der Waals surface area contributed by atoms with Crippen molar-refractivity contribution in [2.45, 2.75) is 19.4 Å². The van der Waals surface area contributed by atoms with Crippen molar-refractivity contribution in [2.75, 3.05) is 0 Å². The van der Waals surface area contributed by atoms with E-state index < -0.39 is 0 Å². The lowest BCUT2D eigenvalue weighted by Gasteiger charge is -2.08. The molecule has 0 amide bonds. The molecule has 0 bridgehead atoms. The van der Waals surface area contributed by atoms with Crippen LogP contribution in [-0.2, 0) is 13.0 Å². The summed E-state index contributed by atoms with van der Waals surface area (Å²) in [6.45, 7) is 0.511. The molecule has 0 unspecified atom stereocenters. The Labute approximate surface area is 122 Å². The van der Waals surface area contributed by atoms with Gasteiger partial charge < -0.3 is 9.94 Å². The predicted molar refractivity (Wildman–Crippen MR) is 78.9 cm³/mol. The summed E-state index contributed by atoms with van der Waals surface area (Å²) in [5.41, 5.74) is 4.02. The molecule has 0 aliphatic heterocycles. The van der Waals surface area contributed by atoms with Gasteiger partial charge in [0, 0.05) is 10.6 Å². The lowest BCUT2D eigenvalue weighted by Crippen LogP contribution is -1.97. The van der Waals surface area contributed by atoms with E-state index in [9.17, 15) is 0 Å². The Morgan fingerprint density at radius 2 is 1.90 bits per heavy atom. The van der Waals surface area contributed by atoms with E-state index >= 15 is 0 Å². The maximum absolute atomic E-state index is 8.90. The van der Waals surface area contributed by atoms with Gasteiger partial charge in [-0.05, 0) is 54.3 Å². The Bertz CT molecular complexity index is 650. The lowest BCUT2D eigenvalue weighted by atomic mass is 10.1. The van der Waals surface area contributed by atoms with Crippen molar-refractivity contribution >= 4 is 17.3 Å². The maximum atomic E-state index is 8.90. The predicted octanol–water partition coefficient (Wildman–Crippen LogP) is 4.04. The lowest BCUT2D eigenvalue weighted by molar-refractivity contribution is 0.306. The van der Waals surface area contributed by atoms with Gasteiger partial charge in [0.15, 0.2) is 0 Å². The molecule has 0 atom stereocenters. The number of oxime groups is 1. The van der Waals surface area contributed by atoms with Gasteiger partial charge in [0.1, 0.15) is 12.4 Å². The van der Waals surface area contributed by atoms with Gasteiger partial charge in [-0.3, -0.25) is 0 Å². The van der Waals surface area contributed by atoms with Crippen LogP contribution in [0.25, 0.3) is 0 Å². The quantitative estimate of drug-likeness (QED) is 0.684. The fourth-order valence-corrected chi connectivity index (χ4v) is 2.51. The zero-order chi connectivity index (χ0) is 13.9. The highest BCUT2D eigenvalue weighted by atomic mass is 35.5. The molecular formula is C16H14ClNO2. The first-order valence-electron chi connectivity index (χ1n) is 6.48. The average Bonchev–Trinajstić information content (AvgIpc) is 2.89. The average molecular weight is 288 g/mol. The van der Waals surface area contributed by atoms with Crippen LogP contribution >= 0.6 is 11.6 Å². The van der Waals surface area contributed by atoms with Gasteiger partial charge in [-0.15, -0.1) is 0 Å². The van der Waals surface area contributed by atoms with E-state index in [2.05, 4.69) is 5.16 Å². The third kappa shape index (κ3) is 2.63. The second kappa shape index (κ2) is 5.55. The molecule has 0 fully saturated rings. The fourth-order valence-electron chi connectivity index (χ4n) is 2.39. The van der Waals surface area contributed by atoms with Crippen molar-refractivity contribution < 1.29 is 9.94 Å². The number of aryl methyl sites for hydroxylation is 1. The largest absolute Gasteiger partial charge is 0.489 e. The molecule has 102 valence electrons. The SMILES string of the molecule is O/N=C1/CCc2cc(OCc3ccc(Cl)cc3)ccc21. The number of halogens is 1. The van der Waals surface area contributed by atoms with Gasteiger partial charge in [-0.1, -0.05) is 28.9 Å². The summed E-state index contributed by atoms with van der Waals surface area (Å²) in [6.07, 6.45) is 1.68. The third-order valence-corrected chi connectivity index (χ3v) is 3.71. The van der Waals surface area contributed by atoms with Crippen LogP contribution in [0.1, 0.15) is 23.1 Å². The molecule has 2 aromatic carbocycles. The molecule has 1 aliphatic carbocycles. The van der Waals surface area contributed by atoms with Crippen LogP contribution in [0.5, 0.6) is 5.75 Å². The van der Waals surface area contributed by atoms with Gasteiger partial charge >= 0.3 is 0 Å². The standard InChI is InChI=1S/C16H14ClNO2/c17-13-4-1-11(2-5-13)10-20-14-6-7-15-12(9-14)3-8-16(15)18-19/h1-2,4-7,9,19H,3,8,10H2/b18-16-. The van der Waals surface area contributed by atoms with E-state index in [0.717, 1.165) is 40.5 Å². The van der Waals surface area contributed by atoms with E-state index in [1.165, 1.54) is 5.56 Å². The van der Waals surface area contributed by atoms with Crippen LogP contribution in [0.15, 0.2) is 47.6 Å². The summed E-state index contributed by atoms with van der Waals surface area (Å²) < 4.78 is 5.78. The topological polar surface area (TPSA) is 41.8 Å². The van der Waals surface area contributed by atoms with Crippen LogP contribution in [-0.4, -0.2) is 10.9 Å². The Hall–Kier alpha value is -2.00. The summed E-state index contributed by atoms with van der Waals surface area (Å²) in [7, 11) is 0. The molecule has 1 aliphatic rings. The van der Waals surface area contributed by atoms with Crippen molar-refractivity contribution in [3.05, 3.63) is 64.2 Å². The van der Waals surface area contributed by atoms with Gasteiger partial charge in [0.25, 0.3) is 0 Å². The summed E-state index contributed by atoms with van der Waals surface area (Å²) >= 11 is 5.85. The van der Waals surface area contributed by atoms with Crippen LogP contribution < -0.4 is 4.74 Å². The molecule has 0 radical (unpaired) electrons. The number of benzene rings is 2. The Morgan fingerprint density at radius 3 is 2.65 bits per heavy atom. The Kier molecular flexibility index (Phi) is 3.61. The first-order chi connectivity index (χ1) is 9.76. The van der Waals surface area contributed by atoms with Crippen LogP contribution in [0.2, 0.25) is 5.02 Å². The van der Waals surface area contributed by atoms with Crippen molar-refractivity contribution in [2.24, 2.45) is 5.16 Å². The smallest absolute Gasteiger partial charge is 0.120 e. The van der Waals surface area contributed by atoms with Gasteiger partial charge in [0.05, 0.1) is 5.71 Å². The molecule has 2 aromatic rings. The normalized spacial score (nSPS) is 15.3. The fraction of sp³-hybridized carbons (Fsp3) is 0.188. The van der Waals surface area contributed by atoms with E-state index in [4.69, 9.17) is 21.5 Å². The second-order valence-corrected chi connectivity index (χ2v) is 5.22. The first-order valence-corrected chi connectivity index (χ1v) is 6.85. The van der Waals surface area contributed by atoms with Gasteiger partial charge in [-0.25, -0.2) is 0 Å². The van der Waals surface area contributed by atoms with Crippen molar-refractivity contribution in [3.8, 4) is 5.75 Å². The second-order valence-electron chi connectivity index (χ2n) is 4.78. The molecule has 1 N–H and O–H groups in total. The summed E-state index contributed by atoms with van der Waals surface area (Å²) in [5, 5.41) is 13.0. The van der Waals surface area contributed by atoms with Crippen LogP contribution in [0, 0.1) is 0 Å². The third-order valence-electron chi connectivity index (χ3n) is 3.46. The number of rotatable bonds is 3. The maximum Gasteiger partial charge on any atom is 0.120 e. The molecule has 3 nitrogen and oxygen atoms in total.